The fourth-order valence-electron chi connectivity index (χ4n) is 2.22. The Labute approximate surface area is 91.5 Å². The van der Waals surface area contributed by atoms with E-state index >= 15 is 0 Å². The van der Waals surface area contributed by atoms with E-state index in [1.807, 2.05) is 0 Å². The lowest BCUT2D eigenvalue weighted by molar-refractivity contribution is -0.137. The van der Waals surface area contributed by atoms with E-state index < -0.39 is 5.97 Å². The summed E-state index contributed by atoms with van der Waals surface area (Å²) in [4.78, 5) is 10.6. The lowest BCUT2D eigenvalue weighted by Crippen LogP contribution is -2.19. The third-order valence-electron chi connectivity index (χ3n) is 3.08. The molecule has 1 aliphatic rings. The van der Waals surface area contributed by atoms with Gasteiger partial charge >= 0.3 is 5.97 Å². The van der Waals surface area contributed by atoms with Crippen LogP contribution in [0.4, 0.5) is 0 Å². The topological polar surface area (TPSA) is 37.3 Å². The van der Waals surface area contributed by atoms with E-state index in [1.165, 1.54) is 44.9 Å². The minimum atomic E-state index is -0.716. The number of aliphatic carboxylic acids is 1. The molecule has 14 heavy (non-hydrogen) atoms. The van der Waals surface area contributed by atoms with Gasteiger partial charge in [-0.1, -0.05) is 32.1 Å². The van der Waals surface area contributed by atoms with E-state index in [0.29, 0.717) is 5.92 Å². The zero-order chi connectivity index (χ0) is 10.4. The second-order valence-electron chi connectivity index (χ2n) is 4.27. The quantitative estimate of drug-likeness (QED) is 0.711. The highest BCUT2D eigenvalue weighted by Gasteiger charge is 2.20. The van der Waals surface area contributed by atoms with Gasteiger partial charge in [0.1, 0.15) is 0 Å². The minimum Gasteiger partial charge on any atom is -0.481 e. The van der Waals surface area contributed by atoms with E-state index in [2.05, 4.69) is 12.6 Å². The minimum absolute atomic E-state index is 0.0607. The van der Waals surface area contributed by atoms with Crippen LogP contribution in [0.1, 0.15) is 51.4 Å². The molecule has 82 valence electrons. The molecule has 0 radical (unpaired) electrons. The Kier molecular flexibility index (Phi) is 5.38. The zero-order valence-electron chi connectivity index (χ0n) is 8.61. The van der Waals surface area contributed by atoms with E-state index in [0.717, 1.165) is 0 Å². The summed E-state index contributed by atoms with van der Waals surface area (Å²) in [5.74, 6) is -0.193. The highest BCUT2D eigenvalue weighted by atomic mass is 32.1. The Morgan fingerprint density at radius 3 is 2.21 bits per heavy atom. The van der Waals surface area contributed by atoms with Gasteiger partial charge in [-0.2, -0.15) is 12.6 Å². The van der Waals surface area contributed by atoms with Gasteiger partial charge in [0.05, 0.1) is 6.42 Å². The molecule has 0 aromatic heterocycles. The second-order valence-corrected chi connectivity index (χ2v) is 4.93. The Bertz CT molecular complexity index is 174. The van der Waals surface area contributed by atoms with Crippen LogP contribution in [0.25, 0.3) is 0 Å². The van der Waals surface area contributed by atoms with Gasteiger partial charge in [-0.25, -0.2) is 0 Å². The van der Waals surface area contributed by atoms with Gasteiger partial charge in [0.15, 0.2) is 0 Å². The van der Waals surface area contributed by atoms with Gasteiger partial charge in [-0.15, -0.1) is 0 Å². The number of carboxylic acids is 1. The van der Waals surface area contributed by atoms with Crippen molar-refractivity contribution in [2.45, 2.75) is 56.6 Å². The van der Waals surface area contributed by atoms with Crippen molar-refractivity contribution >= 4 is 18.6 Å². The van der Waals surface area contributed by atoms with Crippen LogP contribution in [0.5, 0.6) is 0 Å². The lowest BCUT2D eigenvalue weighted by Gasteiger charge is -2.24. The first-order valence-electron chi connectivity index (χ1n) is 5.60. The van der Waals surface area contributed by atoms with Crippen LogP contribution in [-0.4, -0.2) is 16.3 Å². The molecule has 0 aliphatic heterocycles. The molecule has 0 saturated heterocycles. The SMILES string of the molecule is O=C(O)CC(S)C1CCCCCCC1. The summed E-state index contributed by atoms with van der Waals surface area (Å²) in [5, 5.41) is 8.75. The largest absolute Gasteiger partial charge is 0.481 e. The summed E-state index contributed by atoms with van der Waals surface area (Å²) in [6, 6.07) is 0. The van der Waals surface area contributed by atoms with Gasteiger partial charge in [-0.05, 0) is 18.8 Å². The van der Waals surface area contributed by atoms with Gasteiger partial charge in [0, 0.05) is 5.25 Å². The highest BCUT2D eigenvalue weighted by molar-refractivity contribution is 7.81. The maximum absolute atomic E-state index is 10.6. The van der Waals surface area contributed by atoms with E-state index in [1.54, 1.807) is 0 Å². The number of rotatable bonds is 3. The molecular formula is C11H20O2S. The molecule has 2 nitrogen and oxygen atoms in total. The van der Waals surface area contributed by atoms with Crippen LogP contribution in [0.2, 0.25) is 0 Å². The fraction of sp³-hybridized carbons (Fsp3) is 0.909. The van der Waals surface area contributed by atoms with Crippen LogP contribution in [0, 0.1) is 5.92 Å². The molecule has 0 aromatic rings. The molecule has 1 atom stereocenters. The molecule has 0 heterocycles. The average molecular weight is 216 g/mol. The summed E-state index contributed by atoms with van der Waals surface area (Å²) in [6.45, 7) is 0. The maximum Gasteiger partial charge on any atom is 0.304 e. The second kappa shape index (κ2) is 6.33. The van der Waals surface area contributed by atoms with Crippen molar-refractivity contribution in [2.75, 3.05) is 0 Å². The fourth-order valence-corrected chi connectivity index (χ4v) is 2.67. The predicted octanol–water partition coefficient (Wildman–Crippen LogP) is 3.12. The third-order valence-corrected chi connectivity index (χ3v) is 3.68. The van der Waals surface area contributed by atoms with Crippen LogP contribution in [0.3, 0.4) is 0 Å². The van der Waals surface area contributed by atoms with Gasteiger partial charge in [-0.3, -0.25) is 4.79 Å². The molecule has 0 spiro atoms. The molecule has 1 rings (SSSR count). The van der Waals surface area contributed by atoms with Crippen molar-refractivity contribution in [1.82, 2.24) is 0 Å². The third kappa shape index (κ3) is 4.36. The summed E-state index contributed by atoms with van der Waals surface area (Å²) in [6.07, 6.45) is 9.02. The maximum atomic E-state index is 10.6. The van der Waals surface area contributed by atoms with E-state index in [4.69, 9.17) is 5.11 Å². The van der Waals surface area contributed by atoms with Crippen molar-refractivity contribution in [2.24, 2.45) is 5.92 Å². The van der Waals surface area contributed by atoms with Crippen molar-refractivity contribution in [1.29, 1.82) is 0 Å². The number of carboxylic acid groups (broad SMARTS) is 1. The Morgan fingerprint density at radius 1 is 1.21 bits per heavy atom. The normalized spacial score (nSPS) is 22.4. The number of hydrogen-bond acceptors (Lipinski definition) is 2. The lowest BCUT2D eigenvalue weighted by atomic mass is 9.87. The van der Waals surface area contributed by atoms with Gasteiger partial charge in [0.25, 0.3) is 0 Å². The van der Waals surface area contributed by atoms with Gasteiger partial charge in [0.2, 0.25) is 0 Å². The Hall–Kier alpha value is -0.180. The molecule has 0 bridgehead atoms. The Balaban J connectivity index is 2.34. The van der Waals surface area contributed by atoms with Gasteiger partial charge < -0.3 is 5.11 Å². The van der Waals surface area contributed by atoms with Crippen molar-refractivity contribution in [3.8, 4) is 0 Å². The van der Waals surface area contributed by atoms with E-state index in [-0.39, 0.29) is 11.7 Å². The number of thiol groups is 1. The molecule has 1 aliphatic carbocycles. The summed E-state index contributed by atoms with van der Waals surface area (Å²) in [5.41, 5.74) is 0. The van der Waals surface area contributed by atoms with Crippen molar-refractivity contribution in [3.05, 3.63) is 0 Å². The van der Waals surface area contributed by atoms with Crippen LogP contribution < -0.4 is 0 Å². The molecule has 1 fully saturated rings. The molecule has 1 saturated carbocycles. The molecule has 3 heteroatoms. The average Bonchev–Trinajstić information content (AvgIpc) is 2.00. The zero-order valence-corrected chi connectivity index (χ0v) is 9.51. The summed E-state index contributed by atoms with van der Waals surface area (Å²) < 4.78 is 0. The van der Waals surface area contributed by atoms with E-state index in [9.17, 15) is 4.79 Å². The standard InChI is InChI=1S/C11H20O2S/c12-11(13)8-10(14)9-6-4-2-1-3-5-7-9/h9-10,14H,1-8H2,(H,12,13). The first-order valence-corrected chi connectivity index (χ1v) is 6.11. The highest BCUT2D eigenvalue weighted by Crippen LogP contribution is 2.28. The number of carbonyl (C=O) groups is 1. The molecule has 1 N–H and O–H groups in total. The summed E-state index contributed by atoms with van der Waals surface area (Å²) in [7, 11) is 0. The number of hydrogen-bond donors (Lipinski definition) is 2. The molecule has 0 amide bonds. The summed E-state index contributed by atoms with van der Waals surface area (Å²) >= 11 is 4.41. The molecule has 1 unspecified atom stereocenters. The molecular weight excluding hydrogens is 196 g/mol. The van der Waals surface area contributed by atoms with Crippen molar-refractivity contribution in [3.63, 3.8) is 0 Å². The molecule has 0 aromatic carbocycles. The van der Waals surface area contributed by atoms with Crippen LogP contribution >= 0.6 is 12.6 Å². The first kappa shape index (κ1) is 11.9. The Morgan fingerprint density at radius 2 is 1.71 bits per heavy atom. The monoisotopic (exact) mass is 216 g/mol. The predicted molar refractivity (Wildman–Crippen MR) is 60.8 cm³/mol. The van der Waals surface area contributed by atoms with Crippen LogP contribution in [0.15, 0.2) is 0 Å². The van der Waals surface area contributed by atoms with Crippen molar-refractivity contribution < 1.29 is 9.90 Å². The van der Waals surface area contributed by atoms with Crippen LogP contribution in [-0.2, 0) is 4.79 Å². The smallest absolute Gasteiger partial charge is 0.304 e. The first-order chi connectivity index (χ1) is 6.70.